The molecule has 2 N–H and O–H groups in total. The smallest absolute Gasteiger partial charge is 0.306 e. The second-order valence-corrected chi connectivity index (χ2v) is 3.63. The maximum atomic E-state index is 10.6. The molecule has 0 atom stereocenters. The summed E-state index contributed by atoms with van der Waals surface area (Å²) in [4.78, 5) is 10.6. The van der Waals surface area contributed by atoms with Crippen molar-refractivity contribution in [3.8, 4) is 0 Å². The van der Waals surface area contributed by atoms with Crippen LogP contribution in [0.15, 0.2) is 5.16 Å². The summed E-state index contributed by atoms with van der Waals surface area (Å²) in [6, 6.07) is 0. The lowest BCUT2D eigenvalue weighted by Crippen LogP contribution is -2.24. The van der Waals surface area contributed by atoms with E-state index in [1.54, 1.807) is 6.92 Å². The summed E-state index contributed by atoms with van der Waals surface area (Å²) in [5.41, 5.74) is 0.726. The van der Waals surface area contributed by atoms with Crippen molar-refractivity contribution < 1.29 is 15.1 Å². The Morgan fingerprint density at radius 1 is 1.23 bits per heavy atom. The van der Waals surface area contributed by atoms with E-state index < -0.39 is 5.97 Å². The molecule has 0 radical (unpaired) electrons. The lowest BCUT2D eigenvalue weighted by Gasteiger charge is -2.25. The first-order valence-corrected chi connectivity index (χ1v) is 4.56. The zero-order valence-corrected chi connectivity index (χ0v) is 7.73. The van der Waals surface area contributed by atoms with Gasteiger partial charge in [-0.3, -0.25) is 4.79 Å². The number of rotatable bonds is 2. The highest BCUT2D eigenvalue weighted by molar-refractivity contribution is 5.84. The molecule has 1 rings (SSSR count). The van der Waals surface area contributed by atoms with Gasteiger partial charge in [-0.05, 0) is 32.6 Å². The normalized spacial score (nSPS) is 30.1. The monoisotopic (exact) mass is 185 g/mol. The fraction of sp³-hybridized carbons (Fsp3) is 0.778. The average Bonchev–Trinajstić information content (AvgIpc) is 2.17. The summed E-state index contributed by atoms with van der Waals surface area (Å²) in [6.45, 7) is 1.78. The maximum absolute atomic E-state index is 10.6. The predicted molar refractivity (Wildman–Crippen MR) is 48.0 cm³/mol. The number of carboxylic acids is 1. The Balaban J connectivity index is 2.43. The standard InChI is InChI=1S/C9H15NO3/c1-6(10-13)7-2-4-8(5-3-7)9(11)12/h7-8,13H,2-5H2,1H3,(H,11,12)/b10-6+. The molecule has 1 aliphatic rings. The largest absolute Gasteiger partial charge is 0.481 e. The fourth-order valence-corrected chi connectivity index (χ4v) is 1.84. The highest BCUT2D eigenvalue weighted by Crippen LogP contribution is 2.29. The Labute approximate surface area is 77.3 Å². The SMILES string of the molecule is C/C(=N\O)C1CCC(C(=O)O)CC1. The first-order chi connectivity index (χ1) is 6.15. The van der Waals surface area contributed by atoms with Crippen molar-refractivity contribution in [1.29, 1.82) is 0 Å². The lowest BCUT2D eigenvalue weighted by atomic mass is 9.80. The molecule has 0 unspecified atom stereocenters. The third-order valence-electron chi connectivity index (χ3n) is 2.82. The number of hydrogen-bond acceptors (Lipinski definition) is 3. The molecule has 0 saturated heterocycles. The zero-order valence-electron chi connectivity index (χ0n) is 7.73. The Morgan fingerprint density at radius 3 is 2.08 bits per heavy atom. The molecule has 1 saturated carbocycles. The van der Waals surface area contributed by atoms with Crippen molar-refractivity contribution in [3.63, 3.8) is 0 Å². The minimum absolute atomic E-state index is 0.192. The van der Waals surface area contributed by atoms with E-state index in [4.69, 9.17) is 10.3 Å². The van der Waals surface area contributed by atoms with Crippen LogP contribution >= 0.6 is 0 Å². The van der Waals surface area contributed by atoms with Crippen LogP contribution in [0.4, 0.5) is 0 Å². The molecule has 0 bridgehead atoms. The van der Waals surface area contributed by atoms with E-state index in [-0.39, 0.29) is 11.8 Å². The number of aliphatic carboxylic acids is 1. The summed E-state index contributed by atoms with van der Waals surface area (Å²) < 4.78 is 0. The fourth-order valence-electron chi connectivity index (χ4n) is 1.84. The molecule has 0 aliphatic heterocycles. The Morgan fingerprint density at radius 2 is 1.69 bits per heavy atom. The molecular formula is C9H15NO3. The van der Waals surface area contributed by atoms with Crippen LogP contribution in [-0.4, -0.2) is 22.0 Å². The molecule has 0 heterocycles. The van der Waals surface area contributed by atoms with Crippen LogP contribution in [0.5, 0.6) is 0 Å². The van der Waals surface area contributed by atoms with Crippen LogP contribution in [-0.2, 0) is 4.79 Å². The van der Waals surface area contributed by atoms with Crippen LogP contribution in [0.3, 0.4) is 0 Å². The zero-order chi connectivity index (χ0) is 9.84. The van der Waals surface area contributed by atoms with Crippen LogP contribution in [0.2, 0.25) is 0 Å². The summed E-state index contributed by atoms with van der Waals surface area (Å²) in [6.07, 6.45) is 3.06. The van der Waals surface area contributed by atoms with Crippen LogP contribution in [0, 0.1) is 11.8 Å². The van der Waals surface area contributed by atoms with Crippen molar-refractivity contribution in [2.75, 3.05) is 0 Å². The van der Waals surface area contributed by atoms with Crippen LogP contribution in [0.1, 0.15) is 32.6 Å². The highest BCUT2D eigenvalue weighted by Gasteiger charge is 2.27. The quantitative estimate of drug-likeness (QED) is 0.391. The molecule has 13 heavy (non-hydrogen) atoms. The van der Waals surface area contributed by atoms with Gasteiger partial charge in [-0.15, -0.1) is 0 Å². The van der Waals surface area contributed by atoms with E-state index >= 15 is 0 Å². The maximum Gasteiger partial charge on any atom is 0.306 e. The molecule has 4 nitrogen and oxygen atoms in total. The molecule has 74 valence electrons. The van der Waals surface area contributed by atoms with Gasteiger partial charge in [0.1, 0.15) is 0 Å². The molecule has 0 spiro atoms. The summed E-state index contributed by atoms with van der Waals surface area (Å²) in [7, 11) is 0. The second-order valence-electron chi connectivity index (χ2n) is 3.63. The molecule has 4 heteroatoms. The summed E-state index contributed by atoms with van der Waals surface area (Å²) in [5, 5.41) is 20.4. The summed E-state index contributed by atoms with van der Waals surface area (Å²) in [5.74, 6) is -0.611. The lowest BCUT2D eigenvalue weighted by molar-refractivity contribution is -0.142. The minimum Gasteiger partial charge on any atom is -0.481 e. The van der Waals surface area contributed by atoms with Gasteiger partial charge in [0.2, 0.25) is 0 Å². The van der Waals surface area contributed by atoms with E-state index in [0.29, 0.717) is 12.8 Å². The number of oxime groups is 1. The van der Waals surface area contributed by atoms with Crippen molar-refractivity contribution in [2.45, 2.75) is 32.6 Å². The molecule has 1 fully saturated rings. The van der Waals surface area contributed by atoms with Gasteiger partial charge in [0.05, 0.1) is 11.6 Å². The Hall–Kier alpha value is -1.06. The first kappa shape index (κ1) is 10.0. The van der Waals surface area contributed by atoms with Crippen LogP contribution < -0.4 is 0 Å². The van der Waals surface area contributed by atoms with E-state index in [1.807, 2.05) is 0 Å². The van der Waals surface area contributed by atoms with Gasteiger partial charge in [-0.25, -0.2) is 0 Å². The number of hydrogen-bond donors (Lipinski definition) is 2. The van der Waals surface area contributed by atoms with Gasteiger partial charge in [0.15, 0.2) is 0 Å². The van der Waals surface area contributed by atoms with Crippen molar-refractivity contribution >= 4 is 11.7 Å². The molecular weight excluding hydrogens is 170 g/mol. The average molecular weight is 185 g/mol. The molecule has 0 aromatic heterocycles. The number of nitrogens with zero attached hydrogens (tertiary/aromatic N) is 1. The van der Waals surface area contributed by atoms with Gasteiger partial charge in [-0.1, -0.05) is 5.16 Å². The number of carbonyl (C=O) groups is 1. The van der Waals surface area contributed by atoms with Crippen LogP contribution in [0.25, 0.3) is 0 Å². The third-order valence-corrected chi connectivity index (χ3v) is 2.82. The molecule has 0 amide bonds. The van der Waals surface area contributed by atoms with E-state index in [9.17, 15) is 4.79 Å². The minimum atomic E-state index is -0.697. The van der Waals surface area contributed by atoms with E-state index in [2.05, 4.69) is 5.16 Å². The highest BCUT2D eigenvalue weighted by atomic mass is 16.4. The molecule has 0 aromatic rings. The first-order valence-electron chi connectivity index (χ1n) is 4.56. The van der Waals surface area contributed by atoms with Gasteiger partial charge >= 0.3 is 5.97 Å². The molecule has 0 aromatic carbocycles. The second kappa shape index (κ2) is 4.25. The van der Waals surface area contributed by atoms with Crippen molar-refractivity contribution in [2.24, 2.45) is 17.0 Å². The van der Waals surface area contributed by atoms with Gasteiger partial charge in [0, 0.05) is 5.92 Å². The predicted octanol–water partition coefficient (Wildman–Crippen LogP) is 1.73. The van der Waals surface area contributed by atoms with Crippen molar-refractivity contribution in [3.05, 3.63) is 0 Å². The van der Waals surface area contributed by atoms with E-state index in [0.717, 1.165) is 18.6 Å². The van der Waals surface area contributed by atoms with Gasteiger partial charge in [0.25, 0.3) is 0 Å². The van der Waals surface area contributed by atoms with E-state index in [1.165, 1.54) is 0 Å². The summed E-state index contributed by atoms with van der Waals surface area (Å²) >= 11 is 0. The number of carboxylic acid groups (broad SMARTS) is 1. The topological polar surface area (TPSA) is 69.9 Å². The molecule has 1 aliphatic carbocycles. The Bertz CT molecular complexity index is 217. The Kier molecular flexibility index (Phi) is 3.28. The van der Waals surface area contributed by atoms with Gasteiger partial charge in [-0.2, -0.15) is 0 Å². The third kappa shape index (κ3) is 2.44. The van der Waals surface area contributed by atoms with Crippen molar-refractivity contribution in [1.82, 2.24) is 0 Å². The van der Waals surface area contributed by atoms with Gasteiger partial charge < -0.3 is 10.3 Å².